The van der Waals surface area contributed by atoms with Crippen molar-refractivity contribution in [2.45, 2.75) is 51.6 Å². The first-order valence-electron chi connectivity index (χ1n) is 9.62. The molecule has 1 aromatic carbocycles. The van der Waals surface area contributed by atoms with Crippen LogP contribution in [0.15, 0.2) is 30.3 Å². The largest absolute Gasteiger partial charge is 0.296 e. The molecule has 3 rings (SSSR count). The van der Waals surface area contributed by atoms with Crippen molar-refractivity contribution in [3.63, 3.8) is 0 Å². The molecule has 2 heterocycles. The SMILES string of the molecule is CC(C)(C)n1nnc(CCN2CCC[C@H]2c2ccc(C=CC(=O)NO)cc2)n1. The fourth-order valence-corrected chi connectivity index (χ4v) is 3.38. The number of hydrogen-bond donors (Lipinski definition) is 2. The molecular formula is C20H28N6O2. The Morgan fingerprint density at radius 2 is 2.07 bits per heavy atom. The van der Waals surface area contributed by atoms with Gasteiger partial charge in [0.05, 0.1) is 5.54 Å². The molecule has 0 radical (unpaired) electrons. The third-order valence-corrected chi connectivity index (χ3v) is 4.90. The summed E-state index contributed by atoms with van der Waals surface area (Å²) in [6.07, 6.45) is 6.06. The van der Waals surface area contributed by atoms with Gasteiger partial charge >= 0.3 is 0 Å². The lowest BCUT2D eigenvalue weighted by atomic mass is 10.0. The normalized spacial score (nSPS) is 18.1. The molecule has 1 aliphatic heterocycles. The van der Waals surface area contributed by atoms with E-state index in [2.05, 4.69) is 53.2 Å². The lowest BCUT2D eigenvalue weighted by molar-refractivity contribution is -0.124. The molecule has 1 aromatic heterocycles. The number of nitrogens with one attached hydrogen (secondary N) is 1. The summed E-state index contributed by atoms with van der Waals surface area (Å²) in [7, 11) is 0. The molecule has 1 amide bonds. The molecule has 0 unspecified atom stereocenters. The van der Waals surface area contributed by atoms with Crippen LogP contribution in [0.4, 0.5) is 0 Å². The van der Waals surface area contributed by atoms with Gasteiger partial charge in [0.15, 0.2) is 5.82 Å². The van der Waals surface area contributed by atoms with E-state index in [1.165, 1.54) is 18.1 Å². The van der Waals surface area contributed by atoms with Gasteiger partial charge in [-0.2, -0.15) is 4.80 Å². The Kier molecular flexibility index (Phi) is 6.21. The Labute approximate surface area is 165 Å². The number of aromatic nitrogens is 4. The second-order valence-corrected chi connectivity index (χ2v) is 8.09. The van der Waals surface area contributed by atoms with Crippen LogP contribution >= 0.6 is 0 Å². The summed E-state index contributed by atoms with van der Waals surface area (Å²) in [4.78, 5) is 15.2. The fraction of sp³-hybridized carbons (Fsp3) is 0.500. The molecule has 8 heteroatoms. The van der Waals surface area contributed by atoms with E-state index in [4.69, 9.17) is 5.21 Å². The summed E-state index contributed by atoms with van der Waals surface area (Å²) in [5, 5.41) is 21.4. The molecule has 0 saturated carbocycles. The van der Waals surface area contributed by atoms with Crippen molar-refractivity contribution >= 4 is 12.0 Å². The summed E-state index contributed by atoms with van der Waals surface area (Å²) >= 11 is 0. The number of likely N-dealkylation sites (tertiary alicyclic amines) is 1. The average molecular weight is 384 g/mol. The molecule has 0 spiro atoms. The first-order chi connectivity index (χ1) is 13.4. The van der Waals surface area contributed by atoms with Crippen LogP contribution in [0, 0.1) is 0 Å². The predicted octanol–water partition coefficient (Wildman–Crippen LogP) is 2.33. The Hall–Kier alpha value is -2.58. The minimum atomic E-state index is -0.539. The Bertz CT molecular complexity index is 822. The second kappa shape index (κ2) is 8.62. The maximum absolute atomic E-state index is 11.1. The van der Waals surface area contributed by atoms with Gasteiger partial charge in [0.25, 0.3) is 5.91 Å². The summed E-state index contributed by atoms with van der Waals surface area (Å²) in [6.45, 7) is 8.15. The molecule has 8 nitrogen and oxygen atoms in total. The van der Waals surface area contributed by atoms with Crippen molar-refractivity contribution in [3.8, 4) is 0 Å². The van der Waals surface area contributed by atoms with Crippen LogP contribution in [0.2, 0.25) is 0 Å². The summed E-state index contributed by atoms with van der Waals surface area (Å²) < 4.78 is 0. The zero-order chi connectivity index (χ0) is 20.1. The van der Waals surface area contributed by atoms with Crippen LogP contribution < -0.4 is 5.48 Å². The quantitative estimate of drug-likeness (QED) is 0.451. The number of amides is 1. The van der Waals surface area contributed by atoms with E-state index < -0.39 is 5.91 Å². The molecule has 1 fully saturated rings. The molecule has 2 aromatic rings. The first-order valence-corrected chi connectivity index (χ1v) is 9.62. The average Bonchev–Trinajstić information content (AvgIpc) is 3.33. The monoisotopic (exact) mass is 384 g/mol. The van der Waals surface area contributed by atoms with Gasteiger partial charge < -0.3 is 0 Å². The number of rotatable bonds is 6. The first kappa shape index (κ1) is 20.2. The van der Waals surface area contributed by atoms with Gasteiger partial charge in [0, 0.05) is 25.1 Å². The molecule has 1 aliphatic rings. The van der Waals surface area contributed by atoms with Crippen molar-refractivity contribution in [3.05, 3.63) is 47.3 Å². The molecule has 1 saturated heterocycles. The van der Waals surface area contributed by atoms with E-state index in [-0.39, 0.29) is 5.54 Å². The molecule has 28 heavy (non-hydrogen) atoms. The summed E-state index contributed by atoms with van der Waals surface area (Å²) in [6, 6.07) is 8.57. The third-order valence-electron chi connectivity index (χ3n) is 4.90. The van der Waals surface area contributed by atoms with Crippen molar-refractivity contribution < 1.29 is 10.0 Å². The van der Waals surface area contributed by atoms with Gasteiger partial charge in [-0.25, -0.2) is 5.48 Å². The fourth-order valence-electron chi connectivity index (χ4n) is 3.38. The van der Waals surface area contributed by atoms with Gasteiger partial charge in [-0.1, -0.05) is 24.3 Å². The minimum absolute atomic E-state index is 0.157. The summed E-state index contributed by atoms with van der Waals surface area (Å²) in [5.41, 5.74) is 3.62. The predicted molar refractivity (Wildman–Crippen MR) is 105 cm³/mol. The van der Waals surface area contributed by atoms with E-state index in [9.17, 15) is 4.79 Å². The Balaban J connectivity index is 1.60. The minimum Gasteiger partial charge on any atom is -0.296 e. The van der Waals surface area contributed by atoms with Crippen LogP contribution in [0.3, 0.4) is 0 Å². The molecule has 0 aliphatic carbocycles. The number of hydroxylamine groups is 1. The van der Waals surface area contributed by atoms with Crippen molar-refractivity contribution in [2.75, 3.05) is 13.1 Å². The van der Waals surface area contributed by atoms with Gasteiger partial charge in [0.1, 0.15) is 0 Å². The maximum atomic E-state index is 11.1. The number of carbonyl (C=O) groups excluding carboxylic acids is 1. The second-order valence-electron chi connectivity index (χ2n) is 8.09. The summed E-state index contributed by atoms with van der Waals surface area (Å²) in [5.74, 6) is 0.242. The number of tetrazole rings is 1. The van der Waals surface area contributed by atoms with Crippen LogP contribution in [0.25, 0.3) is 6.08 Å². The molecule has 150 valence electrons. The van der Waals surface area contributed by atoms with Gasteiger partial charge in [0.2, 0.25) is 0 Å². The van der Waals surface area contributed by atoms with Gasteiger partial charge in [-0.05, 0) is 62.6 Å². The van der Waals surface area contributed by atoms with E-state index in [0.717, 1.165) is 37.3 Å². The van der Waals surface area contributed by atoms with Crippen LogP contribution in [-0.4, -0.2) is 49.3 Å². The Morgan fingerprint density at radius 1 is 1.32 bits per heavy atom. The number of hydrogen-bond acceptors (Lipinski definition) is 6. The highest BCUT2D eigenvalue weighted by Gasteiger charge is 2.26. The topological polar surface area (TPSA) is 96.2 Å². The van der Waals surface area contributed by atoms with E-state index in [0.29, 0.717) is 6.04 Å². The van der Waals surface area contributed by atoms with Gasteiger partial charge in [-0.15, -0.1) is 10.2 Å². The van der Waals surface area contributed by atoms with Crippen molar-refractivity contribution in [2.24, 2.45) is 0 Å². The van der Waals surface area contributed by atoms with Crippen molar-refractivity contribution in [1.82, 2.24) is 30.6 Å². The highest BCUT2D eigenvalue weighted by Crippen LogP contribution is 2.32. The zero-order valence-corrected chi connectivity index (χ0v) is 16.7. The van der Waals surface area contributed by atoms with E-state index in [1.807, 2.05) is 12.1 Å². The maximum Gasteiger partial charge on any atom is 0.267 e. The highest BCUT2D eigenvalue weighted by molar-refractivity contribution is 5.90. The van der Waals surface area contributed by atoms with E-state index in [1.54, 1.807) is 16.4 Å². The van der Waals surface area contributed by atoms with Crippen molar-refractivity contribution in [1.29, 1.82) is 0 Å². The molecular weight excluding hydrogens is 356 g/mol. The lowest BCUT2D eigenvalue weighted by Crippen LogP contribution is -2.26. The van der Waals surface area contributed by atoms with Crippen LogP contribution in [0.1, 0.15) is 56.6 Å². The zero-order valence-electron chi connectivity index (χ0n) is 16.7. The standard InChI is InChI=1S/C20H28N6O2/c1-20(2,3)26-22-18(21-24-26)12-14-25-13-4-5-17(25)16-9-6-15(7-10-16)8-11-19(27)23-28/h6-11,17,28H,4-5,12-14H2,1-3H3,(H,23,27)/t17-/m0/s1. The number of benzene rings is 1. The Morgan fingerprint density at radius 3 is 2.71 bits per heavy atom. The van der Waals surface area contributed by atoms with Gasteiger partial charge in [-0.3, -0.25) is 14.9 Å². The highest BCUT2D eigenvalue weighted by atomic mass is 16.5. The smallest absolute Gasteiger partial charge is 0.267 e. The molecule has 1 atom stereocenters. The number of carbonyl (C=O) groups is 1. The van der Waals surface area contributed by atoms with E-state index >= 15 is 0 Å². The molecule has 0 bridgehead atoms. The third kappa shape index (κ3) is 5.02. The lowest BCUT2D eigenvalue weighted by Gasteiger charge is -2.24. The molecule has 2 N–H and O–H groups in total. The van der Waals surface area contributed by atoms with Crippen LogP contribution in [0.5, 0.6) is 0 Å². The number of nitrogens with zero attached hydrogens (tertiary/aromatic N) is 5. The van der Waals surface area contributed by atoms with Crippen LogP contribution in [-0.2, 0) is 16.8 Å².